The molecule has 0 aliphatic heterocycles. The molecule has 3 aromatic rings. The number of aryl methyl sites for hydroxylation is 2. The van der Waals surface area contributed by atoms with E-state index in [9.17, 15) is 9.59 Å². The minimum atomic E-state index is -0.548. The van der Waals surface area contributed by atoms with Gasteiger partial charge in [0.25, 0.3) is 5.91 Å². The third-order valence-corrected chi connectivity index (χ3v) is 4.67. The van der Waals surface area contributed by atoms with Gasteiger partial charge < -0.3 is 5.32 Å². The van der Waals surface area contributed by atoms with E-state index in [1.165, 1.54) is 0 Å². The highest BCUT2D eigenvalue weighted by Gasteiger charge is 2.28. The average Bonchev–Trinajstić information content (AvgIpc) is 3.22. The molecule has 4 rings (SSSR count). The number of rotatable bonds is 4. The Balaban J connectivity index is 1.40. The number of hydrogen-bond acceptors (Lipinski definition) is 5. The lowest BCUT2D eigenvalue weighted by molar-refractivity contribution is -0.120. The first-order valence-corrected chi connectivity index (χ1v) is 8.88. The molecule has 1 atom stereocenters. The molecule has 1 aliphatic carbocycles. The Bertz CT molecular complexity index is 975. The van der Waals surface area contributed by atoms with Crippen molar-refractivity contribution in [1.29, 1.82) is 0 Å². The van der Waals surface area contributed by atoms with Crippen LogP contribution in [0.3, 0.4) is 0 Å². The van der Waals surface area contributed by atoms with Crippen LogP contribution in [0.1, 0.15) is 39.7 Å². The summed E-state index contributed by atoms with van der Waals surface area (Å²) < 4.78 is 1.72. The van der Waals surface area contributed by atoms with E-state index in [0.29, 0.717) is 25.1 Å². The van der Waals surface area contributed by atoms with E-state index in [1.54, 1.807) is 4.68 Å². The number of Topliss-reactive ketones (excluding diaryl/α,β-unsaturated/α-hetero) is 1. The van der Waals surface area contributed by atoms with Gasteiger partial charge in [0.1, 0.15) is 5.82 Å². The van der Waals surface area contributed by atoms with Gasteiger partial charge in [0.05, 0.1) is 11.7 Å². The van der Waals surface area contributed by atoms with Crippen molar-refractivity contribution in [1.82, 2.24) is 30.3 Å². The normalized spacial score (nSPS) is 16.6. The molecule has 0 unspecified atom stereocenters. The van der Waals surface area contributed by atoms with Crippen molar-refractivity contribution in [2.24, 2.45) is 7.05 Å². The highest BCUT2D eigenvalue weighted by atomic mass is 16.2. The van der Waals surface area contributed by atoms with Crippen molar-refractivity contribution in [2.45, 2.75) is 31.7 Å². The Kier molecular flexibility index (Phi) is 4.53. The molecule has 2 N–H and O–H groups in total. The summed E-state index contributed by atoms with van der Waals surface area (Å²) in [6.07, 6.45) is 3.88. The van der Waals surface area contributed by atoms with Crippen LogP contribution in [0.4, 0.5) is 0 Å². The molecule has 1 aromatic carbocycles. The van der Waals surface area contributed by atoms with E-state index >= 15 is 0 Å². The molecule has 2 heterocycles. The van der Waals surface area contributed by atoms with Gasteiger partial charge in [-0.2, -0.15) is 5.10 Å². The minimum absolute atomic E-state index is 0.0184. The zero-order valence-electron chi connectivity index (χ0n) is 15.0. The SMILES string of the molecule is Cn1cc2c(n1)CC[C@@H](NC(=O)c1n[nH]c(Cc3ccccc3)n1)C(=O)C2. The van der Waals surface area contributed by atoms with Gasteiger partial charge in [-0.25, -0.2) is 4.98 Å². The molecule has 1 aliphatic rings. The molecule has 1 amide bonds. The Labute approximate surface area is 156 Å². The van der Waals surface area contributed by atoms with Crippen molar-refractivity contribution < 1.29 is 9.59 Å². The fourth-order valence-electron chi connectivity index (χ4n) is 3.34. The molecule has 138 valence electrons. The first-order chi connectivity index (χ1) is 13.1. The molecule has 8 nitrogen and oxygen atoms in total. The number of nitrogens with zero attached hydrogens (tertiary/aromatic N) is 4. The topological polar surface area (TPSA) is 106 Å². The number of amides is 1. The van der Waals surface area contributed by atoms with Gasteiger partial charge in [0.15, 0.2) is 5.78 Å². The monoisotopic (exact) mass is 364 g/mol. The Morgan fingerprint density at radius 3 is 2.96 bits per heavy atom. The van der Waals surface area contributed by atoms with Crippen LogP contribution < -0.4 is 5.32 Å². The van der Waals surface area contributed by atoms with Crippen molar-refractivity contribution in [3.8, 4) is 0 Å². The molecule has 0 radical (unpaired) electrons. The number of aromatic nitrogens is 5. The van der Waals surface area contributed by atoms with E-state index < -0.39 is 11.9 Å². The average molecular weight is 364 g/mol. The number of hydrogen-bond donors (Lipinski definition) is 2. The van der Waals surface area contributed by atoms with Gasteiger partial charge in [-0.15, -0.1) is 5.10 Å². The van der Waals surface area contributed by atoms with E-state index in [2.05, 4.69) is 25.6 Å². The molecule has 0 saturated carbocycles. The quantitative estimate of drug-likeness (QED) is 0.672. The number of carbonyl (C=O) groups is 2. The summed E-state index contributed by atoms with van der Waals surface area (Å²) in [5.74, 6) is 0.198. The van der Waals surface area contributed by atoms with Crippen LogP contribution in [0.15, 0.2) is 36.5 Å². The maximum absolute atomic E-state index is 12.5. The van der Waals surface area contributed by atoms with Crippen LogP contribution in [-0.4, -0.2) is 42.7 Å². The number of H-pyrrole nitrogens is 1. The fourth-order valence-corrected chi connectivity index (χ4v) is 3.34. The second-order valence-corrected chi connectivity index (χ2v) is 6.75. The standard InChI is InChI=1S/C19H20N6O2/c1-25-11-13-10-16(26)15(8-7-14(13)24-25)20-19(27)18-21-17(22-23-18)9-12-5-3-2-4-6-12/h2-6,11,15H,7-10H2,1H3,(H,20,27)(H,21,22,23)/t15-/m1/s1. The van der Waals surface area contributed by atoms with Gasteiger partial charge in [0, 0.05) is 31.6 Å². The van der Waals surface area contributed by atoms with Gasteiger partial charge in [-0.05, 0) is 18.4 Å². The molecule has 0 fully saturated rings. The van der Waals surface area contributed by atoms with Crippen molar-refractivity contribution in [3.05, 3.63) is 65.0 Å². The zero-order chi connectivity index (χ0) is 18.8. The maximum Gasteiger partial charge on any atom is 0.291 e. The lowest BCUT2D eigenvalue weighted by Crippen LogP contribution is -2.41. The number of aromatic amines is 1. The van der Waals surface area contributed by atoms with Crippen molar-refractivity contribution in [3.63, 3.8) is 0 Å². The zero-order valence-corrected chi connectivity index (χ0v) is 15.0. The summed E-state index contributed by atoms with van der Waals surface area (Å²) in [6.45, 7) is 0. The molecule has 0 bridgehead atoms. The Morgan fingerprint density at radius 1 is 1.33 bits per heavy atom. The lowest BCUT2D eigenvalue weighted by atomic mass is 10.1. The largest absolute Gasteiger partial charge is 0.339 e. The Morgan fingerprint density at radius 2 is 2.15 bits per heavy atom. The number of benzene rings is 1. The third-order valence-electron chi connectivity index (χ3n) is 4.67. The second kappa shape index (κ2) is 7.14. The summed E-state index contributed by atoms with van der Waals surface area (Å²) in [7, 11) is 1.84. The van der Waals surface area contributed by atoms with Crippen molar-refractivity contribution in [2.75, 3.05) is 0 Å². The Hall–Kier alpha value is -3.29. The minimum Gasteiger partial charge on any atom is -0.339 e. The summed E-state index contributed by atoms with van der Waals surface area (Å²) in [5.41, 5.74) is 2.93. The predicted molar refractivity (Wildman–Crippen MR) is 97.1 cm³/mol. The van der Waals surface area contributed by atoms with Gasteiger partial charge >= 0.3 is 0 Å². The summed E-state index contributed by atoms with van der Waals surface area (Å²) >= 11 is 0. The molecule has 8 heteroatoms. The van der Waals surface area contributed by atoms with Crippen LogP contribution >= 0.6 is 0 Å². The molecule has 27 heavy (non-hydrogen) atoms. The molecule has 0 saturated heterocycles. The van der Waals surface area contributed by atoms with Gasteiger partial charge in [-0.3, -0.25) is 19.4 Å². The van der Waals surface area contributed by atoms with E-state index in [-0.39, 0.29) is 18.0 Å². The predicted octanol–water partition coefficient (Wildman–Crippen LogP) is 0.985. The first-order valence-electron chi connectivity index (χ1n) is 8.88. The number of fused-ring (bicyclic) bond motifs is 1. The second-order valence-electron chi connectivity index (χ2n) is 6.75. The molecular formula is C19H20N6O2. The van der Waals surface area contributed by atoms with E-state index in [0.717, 1.165) is 16.8 Å². The fraction of sp³-hybridized carbons (Fsp3) is 0.316. The summed E-state index contributed by atoms with van der Waals surface area (Å²) in [6, 6.07) is 9.26. The number of nitrogens with one attached hydrogen (secondary N) is 2. The van der Waals surface area contributed by atoms with Crippen LogP contribution in [0.25, 0.3) is 0 Å². The smallest absolute Gasteiger partial charge is 0.291 e. The van der Waals surface area contributed by atoms with Crippen molar-refractivity contribution >= 4 is 11.7 Å². The van der Waals surface area contributed by atoms with Crippen LogP contribution in [0.5, 0.6) is 0 Å². The highest BCUT2D eigenvalue weighted by molar-refractivity contribution is 5.96. The molecular weight excluding hydrogens is 344 g/mol. The summed E-state index contributed by atoms with van der Waals surface area (Å²) in [4.78, 5) is 29.2. The van der Waals surface area contributed by atoms with Gasteiger partial charge in [0.2, 0.25) is 5.82 Å². The van der Waals surface area contributed by atoms with E-state index in [1.807, 2.05) is 43.6 Å². The van der Waals surface area contributed by atoms with Crippen LogP contribution in [-0.2, 0) is 31.1 Å². The molecule has 2 aromatic heterocycles. The number of carbonyl (C=O) groups excluding carboxylic acids is 2. The highest BCUT2D eigenvalue weighted by Crippen LogP contribution is 2.17. The van der Waals surface area contributed by atoms with Crippen LogP contribution in [0.2, 0.25) is 0 Å². The van der Waals surface area contributed by atoms with Gasteiger partial charge in [-0.1, -0.05) is 30.3 Å². The molecule has 0 spiro atoms. The van der Waals surface area contributed by atoms with E-state index in [4.69, 9.17) is 0 Å². The first kappa shape index (κ1) is 17.1. The summed E-state index contributed by atoms with van der Waals surface area (Å²) in [5, 5.41) is 13.9. The number of ketones is 1. The van der Waals surface area contributed by atoms with Crippen LogP contribution in [0, 0.1) is 0 Å². The maximum atomic E-state index is 12.5. The lowest BCUT2D eigenvalue weighted by Gasteiger charge is -2.13. The third kappa shape index (κ3) is 3.79.